The maximum Gasteiger partial charge on any atom is 0.0410 e. The molecule has 0 aromatic heterocycles. The quantitative estimate of drug-likeness (QED) is 0.825. The van der Waals surface area contributed by atoms with Crippen LogP contribution in [0.15, 0.2) is 30.3 Å². The molecule has 0 spiro atoms. The van der Waals surface area contributed by atoms with Crippen molar-refractivity contribution in [2.24, 2.45) is 5.73 Å². The van der Waals surface area contributed by atoms with E-state index in [-0.39, 0.29) is 5.54 Å². The molecule has 0 atom stereocenters. The van der Waals surface area contributed by atoms with Crippen LogP contribution in [0.3, 0.4) is 0 Å². The zero-order valence-corrected chi connectivity index (χ0v) is 10.3. The largest absolute Gasteiger partial charge is 0.321 e. The average molecular weight is 218 g/mol. The Morgan fingerprint density at radius 2 is 1.69 bits per heavy atom. The number of hydrogen-bond donors (Lipinski definition) is 1. The van der Waals surface area contributed by atoms with Crippen LogP contribution >= 0.6 is 0 Å². The monoisotopic (exact) mass is 218 g/mol. The van der Waals surface area contributed by atoms with Gasteiger partial charge in [-0.15, -0.1) is 0 Å². The predicted molar refractivity (Wildman–Crippen MR) is 68.3 cm³/mol. The van der Waals surface area contributed by atoms with E-state index in [9.17, 15) is 0 Å². The summed E-state index contributed by atoms with van der Waals surface area (Å²) >= 11 is 0. The number of hydrogen-bond acceptors (Lipinski definition) is 2. The van der Waals surface area contributed by atoms with E-state index >= 15 is 0 Å². The van der Waals surface area contributed by atoms with E-state index in [4.69, 9.17) is 5.73 Å². The van der Waals surface area contributed by atoms with E-state index in [1.807, 2.05) is 0 Å². The molecule has 0 radical (unpaired) electrons. The molecule has 0 heterocycles. The van der Waals surface area contributed by atoms with Crippen molar-refractivity contribution in [3.63, 3.8) is 0 Å². The van der Waals surface area contributed by atoms with Gasteiger partial charge in [0.15, 0.2) is 0 Å². The van der Waals surface area contributed by atoms with Crippen molar-refractivity contribution >= 4 is 0 Å². The van der Waals surface area contributed by atoms with Crippen molar-refractivity contribution in [1.82, 2.24) is 4.90 Å². The maximum atomic E-state index is 6.52. The van der Waals surface area contributed by atoms with Crippen molar-refractivity contribution < 1.29 is 0 Å². The Morgan fingerprint density at radius 3 is 2.19 bits per heavy atom. The fraction of sp³-hybridized carbons (Fsp3) is 0.571. The topological polar surface area (TPSA) is 29.3 Å². The average Bonchev–Trinajstić information content (AvgIpc) is 2.31. The molecule has 1 aromatic rings. The number of rotatable bonds is 2. The van der Waals surface area contributed by atoms with E-state index in [2.05, 4.69) is 49.3 Å². The molecular formula is C14H22N2. The summed E-state index contributed by atoms with van der Waals surface area (Å²) in [7, 11) is 4.33. The van der Waals surface area contributed by atoms with Gasteiger partial charge in [0.1, 0.15) is 0 Å². The highest BCUT2D eigenvalue weighted by Gasteiger charge is 2.33. The van der Waals surface area contributed by atoms with Crippen LogP contribution < -0.4 is 5.73 Å². The molecule has 0 saturated heterocycles. The van der Waals surface area contributed by atoms with E-state index in [0.717, 1.165) is 12.8 Å². The maximum absolute atomic E-state index is 6.52. The second-order valence-electron chi connectivity index (χ2n) is 5.22. The van der Waals surface area contributed by atoms with Gasteiger partial charge in [-0.3, -0.25) is 0 Å². The molecule has 1 saturated carbocycles. The lowest BCUT2D eigenvalue weighted by molar-refractivity contribution is 0.173. The summed E-state index contributed by atoms with van der Waals surface area (Å²) in [4.78, 5) is 2.32. The molecular weight excluding hydrogens is 196 g/mol. The van der Waals surface area contributed by atoms with Crippen LogP contribution in [0.4, 0.5) is 0 Å². The smallest absolute Gasteiger partial charge is 0.0410 e. The molecule has 0 aliphatic heterocycles. The first-order valence-corrected chi connectivity index (χ1v) is 6.13. The van der Waals surface area contributed by atoms with Crippen LogP contribution in [-0.2, 0) is 5.54 Å². The zero-order valence-electron chi connectivity index (χ0n) is 10.3. The lowest BCUT2D eigenvalue weighted by Crippen LogP contribution is -2.44. The third-order valence-electron chi connectivity index (χ3n) is 3.93. The molecule has 1 aromatic carbocycles. The van der Waals surface area contributed by atoms with Gasteiger partial charge in [-0.05, 0) is 45.3 Å². The minimum absolute atomic E-state index is 0.0895. The van der Waals surface area contributed by atoms with Crippen LogP contribution in [0.2, 0.25) is 0 Å². The Balaban J connectivity index is 2.07. The lowest BCUT2D eigenvalue weighted by atomic mass is 9.75. The summed E-state index contributed by atoms with van der Waals surface area (Å²) in [6.45, 7) is 0. The number of benzene rings is 1. The molecule has 0 bridgehead atoms. The standard InChI is InChI=1S/C14H22N2/c1-16(2)13-8-10-14(15,11-9-13)12-6-4-3-5-7-12/h3-7,13H,8-11,15H2,1-2H3. The van der Waals surface area contributed by atoms with Crippen molar-refractivity contribution in [3.8, 4) is 0 Å². The van der Waals surface area contributed by atoms with Gasteiger partial charge in [0.05, 0.1) is 0 Å². The first-order valence-electron chi connectivity index (χ1n) is 6.13. The third-order valence-corrected chi connectivity index (χ3v) is 3.93. The summed E-state index contributed by atoms with van der Waals surface area (Å²) in [5, 5.41) is 0. The summed E-state index contributed by atoms with van der Waals surface area (Å²) in [5.41, 5.74) is 7.73. The lowest BCUT2D eigenvalue weighted by Gasteiger charge is -2.39. The highest BCUT2D eigenvalue weighted by atomic mass is 15.1. The summed E-state index contributed by atoms with van der Waals surface area (Å²) < 4.78 is 0. The first kappa shape index (κ1) is 11.6. The van der Waals surface area contributed by atoms with Crippen LogP contribution in [0.5, 0.6) is 0 Å². The SMILES string of the molecule is CN(C)C1CCC(N)(c2ccccc2)CC1. The van der Waals surface area contributed by atoms with E-state index in [1.54, 1.807) is 0 Å². The molecule has 1 fully saturated rings. The van der Waals surface area contributed by atoms with Crippen molar-refractivity contribution in [2.75, 3.05) is 14.1 Å². The van der Waals surface area contributed by atoms with Crippen molar-refractivity contribution in [3.05, 3.63) is 35.9 Å². The third kappa shape index (κ3) is 2.28. The number of nitrogens with zero attached hydrogens (tertiary/aromatic N) is 1. The van der Waals surface area contributed by atoms with Crippen LogP contribution in [0, 0.1) is 0 Å². The molecule has 2 heteroatoms. The fourth-order valence-corrected chi connectivity index (χ4v) is 2.69. The van der Waals surface area contributed by atoms with Crippen LogP contribution in [0.1, 0.15) is 31.2 Å². The molecule has 1 aliphatic carbocycles. The molecule has 1 aliphatic rings. The van der Waals surface area contributed by atoms with Crippen LogP contribution in [-0.4, -0.2) is 25.0 Å². The van der Waals surface area contributed by atoms with E-state index in [1.165, 1.54) is 18.4 Å². The molecule has 2 N–H and O–H groups in total. The van der Waals surface area contributed by atoms with Crippen molar-refractivity contribution in [2.45, 2.75) is 37.3 Å². The summed E-state index contributed by atoms with van der Waals surface area (Å²) in [5.74, 6) is 0. The van der Waals surface area contributed by atoms with Gasteiger partial charge in [-0.25, -0.2) is 0 Å². The Hall–Kier alpha value is -0.860. The molecule has 2 rings (SSSR count). The Kier molecular flexibility index (Phi) is 3.31. The minimum atomic E-state index is -0.0895. The van der Waals surface area contributed by atoms with Gasteiger partial charge >= 0.3 is 0 Å². The van der Waals surface area contributed by atoms with Gasteiger partial charge in [0, 0.05) is 11.6 Å². The summed E-state index contributed by atoms with van der Waals surface area (Å²) in [6.07, 6.45) is 4.61. The molecule has 2 nitrogen and oxygen atoms in total. The molecule has 16 heavy (non-hydrogen) atoms. The Bertz CT molecular complexity index is 324. The highest BCUT2D eigenvalue weighted by Crippen LogP contribution is 2.35. The van der Waals surface area contributed by atoms with Crippen molar-refractivity contribution in [1.29, 1.82) is 0 Å². The predicted octanol–water partition coefficient (Wildman–Crippen LogP) is 2.34. The van der Waals surface area contributed by atoms with Gasteiger partial charge in [0.2, 0.25) is 0 Å². The van der Waals surface area contributed by atoms with Crippen LogP contribution in [0.25, 0.3) is 0 Å². The molecule has 0 amide bonds. The highest BCUT2D eigenvalue weighted by molar-refractivity contribution is 5.24. The van der Waals surface area contributed by atoms with Gasteiger partial charge in [0.25, 0.3) is 0 Å². The van der Waals surface area contributed by atoms with E-state index in [0.29, 0.717) is 6.04 Å². The van der Waals surface area contributed by atoms with Gasteiger partial charge < -0.3 is 10.6 Å². The van der Waals surface area contributed by atoms with Gasteiger partial charge in [-0.1, -0.05) is 30.3 Å². The number of nitrogens with two attached hydrogens (primary N) is 1. The van der Waals surface area contributed by atoms with E-state index < -0.39 is 0 Å². The second kappa shape index (κ2) is 4.56. The Morgan fingerprint density at radius 1 is 1.12 bits per heavy atom. The molecule has 0 unspecified atom stereocenters. The zero-order chi connectivity index (χ0) is 11.6. The van der Waals surface area contributed by atoms with Gasteiger partial charge in [-0.2, -0.15) is 0 Å². The summed E-state index contributed by atoms with van der Waals surface area (Å²) in [6, 6.07) is 11.3. The normalized spacial score (nSPS) is 30.6. The first-order chi connectivity index (χ1) is 7.62. The fourth-order valence-electron chi connectivity index (χ4n) is 2.69. The molecule has 88 valence electrons. The second-order valence-corrected chi connectivity index (χ2v) is 5.22. The minimum Gasteiger partial charge on any atom is -0.321 e. The Labute approximate surface area is 98.4 Å².